The molecule has 1 rings (SSSR count). The summed E-state index contributed by atoms with van der Waals surface area (Å²) in [4.78, 5) is 14.2. The first-order chi connectivity index (χ1) is 8.60. The predicted molar refractivity (Wildman–Crippen MR) is 77.4 cm³/mol. The summed E-state index contributed by atoms with van der Waals surface area (Å²) >= 11 is 5.77. The molecule has 0 saturated carbocycles. The summed E-state index contributed by atoms with van der Waals surface area (Å²) in [5, 5.41) is 0. The van der Waals surface area contributed by atoms with Crippen LogP contribution in [0.4, 0.5) is 0 Å². The minimum atomic E-state index is 0.0900. The van der Waals surface area contributed by atoms with Crippen molar-refractivity contribution in [3.63, 3.8) is 0 Å². The number of carbonyl (C=O) groups is 1. The van der Waals surface area contributed by atoms with E-state index in [9.17, 15) is 4.79 Å². The second-order valence-corrected chi connectivity index (χ2v) is 5.01. The molecule has 1 amide bonds. The summed E-state index contributed by atoms with van der Waals surface area (Å²) in [6, 6.07) is 5.87. The van der Waals surface area contributed by atoms with Gasteiger partial charge in [0, 0.05) is 24.5 Å². The zero-order valence-corrected chi connectivity index (χ0v) is 12.3. The lowest BCUT2D eigenvalue weighted by atomic mass is 10.1. The van der Waals surface area contributed by atoms with E-state index in [1.165, 1.54) is 5.56 Å². The Bertz CT molecular complexity index is 403. The molecule has 0 aromatic heterocycles. The van der Waals surface area contributed by atoms with E-state index in [1.54, 1.807) is 0 Å². The minimum absolute atomic E-state index is 0.0900. The number of aryl methyl sites for hydroxylation is 2. The number of hydrogen-bond acceptors (Lipinski definition) is 1. The monoisotopic (exact) mass is 267 g/mol. The Hall–Kier alpha value is -1.02. The lowest BCUT2D eigenvalue weighted by Gasteiger charge is -2.22. The van der Waals surface area contributed by atoms with Gasteiger partial charge in [0.1, 0.15) is 0 Å². The summed E-state index contributed by atoms with van der Waals surface area (Å²) in [5.74, 6) is 0.576. The van der Waals surface area contributed by atoms with Crippen LogP contribution in [0.1, 0.15) is 41.3 Å². The van der Waals surface area contributed by atoms with Gasteiger partial charge in [-0.2, -0.15) is 0 Å². The van der Waals surface area contributed by atoms with Gasteiger partial charge in [0.05, 0.1) is 0 Å². The zero-order valence-electron chi connectivity index (χ0n) is 11.5. The van der Waals surface area contributed by atoms with Gasteiger partial charge < -0.3 is 4.90 Å². The number of rotatable bonds is 6. The maximum absolute atomic E-state index is 12.4. The Kier molecular flexibility index (Phi) is 6.20. The average molecular weight is 268 g/mol. The fourth-order valence-electron chi connectivity index (χ4n) is 1.82. The Morgan fingerprint density at radius 3 is 2.50 bits per heavy atom. The summed E-state index contributed by atoms with van der Waals surface area (Å²) in [5.41, 5.74) is 3.13. The van der Waals surface area contributed by atoms with Crippen LogP contribution in [0.2, 0.25) is 0 Å². The third-order valence-electron chi connectivity index (χ3n) is 3.18. The summed E-state index contributed by atoms with van der Waals surface area (Å²) in [6.45, 7) is 7.61. The highest BCUT2D eigenvalue weighted by atomic mass is 35.5. The van der Waals surface area contributed by atoms with Crippen molar-refractivity contribution in [2.45, 2.75) is 33.6 Å². The van der Waals surface area contributed by atoms with E-state index in [2.05, 4.69) is 13.8 Å². The highest BCUT2D eigenvalue weighted by Gasteiger charge is 2.15. The molecule has 0 spiro atoms. The Labute approximate surface area is 115 Å². The van der Waals surface area contributed by atoms with E-state index in [-0.39, 0.29) is 5.91 Å². The normalized spacial score (nSPS) is 10.4. The molecule has 3 heteroatoms. The molecule has 0 heterocycles. The number of carbonyl (C=O) groups excluding carboxylic acids is 1. The number of halogens is 1. The number of amides is 1. The van der Waals surface area contributed by atoms with E-state index in [0.717, 1.165) is 30.5 Å². The van der Waals surface area contributed by atoms with E-state index in [4.69, 9.17) is 11.6 Å². The van der Waals surface area contributed by atoms with Gasteiger partial charge in [-0.15, -0.1) is 11.6 Å². The largest absolute Gasteiger partial charge is 0.337 e. The molecule has 0 N–H and O–H groups in total. The first-order valence-corrected chi connectivity index (χ1v) is 7.06. The van der Waals surface area contributed by atoms with Gasteiger partial charge in [-0.1, -0.05) is 19.4 Å². The van der Waals surface area contributed by atoms with Crippen molar-refractivity contribution >= 4 is 17.5 Å². The molecule has 18 heavy (non-hydrogen) atoms. The van der Waals surface area contributed by atoms with Gasteiger partial charge in [-0.05, 0) is 43.5 Å². The van der Waals surface area contributed by atoms with Crippen molar-refractivity contribution in [1.82, 2.24) is 4.90 Å². The number of alkyl halides is 1. The van der Waals surface area contributed by atoms with Gasteiger partial charge in [-0.3, -0.25) is 4.79 Å². The SMILES string of the molecule is CCCCN(CCCl)C(=O)c1ccc(C)c(C)c1. The van der Waals surface area contributed by atoms with Crippen molar-refractivity contribution in [3.05, 3.63) is 34.9 Å². The van der Waals surface area contributed by atoms with Crippen LogP contribution < -0.4 is 0 Å². The maximum Gasteiger partial charge on any atom is 0.253 e. The van der Waals surface area contributed by atoms with Crippen LogP contribution >= 0.6 is 11.6 Å². The second kappa shape index (κ2) is 7.42. The van der Waals surface area contributed by atoms with Gasteiger partial charge in [0.15, 0.2) is 0 Å². The lowest BCUT2D eigenvalue weighted by Crippen LogP contribution is -2.33. The van der Waals surface area contributed by atoms with Gasteiger partial charge in [0.25, 0.3) is 5.91 Å². The molecule has 0 bridgehead atoms. The van der Waals surface area contributed by atoms with Crippen LogP contribution in [-0.2, 0) is 0 Å². The molecule has 0 saturated heterocycles. The second-order valence-electron chi connectivity index (χ2n) is 4.63. The predicted octanol–water partition coefficient (Wildman–Crippen LogP) is 3.78. The van der Waals surface area contributed by atoms with Crippen molar-refractivity contribution in [2.75, 3.05) is 19.0 Å². The van der Waals surface area contributed by atoms with Crippen LogP contribution in [0, 0.1) is 13.8 Å². The van der Waals surface area contributed by atoms with E-state index in [0.29, 0.717) is 12.4 Å². The molecule has 0 unspecified atom stereocenters. The first kappa shape index (κ1) is 15.0. The van der Waals surface area contributed by atoms with Crippen LogP contribution in [0.3, 0.4) is 0 Å². The molecule has 0 fully saturated rings. The minimum Gasteiger partial charge on any atom is -0.337 e. The molecule has 0 aliphatic rings. The lowest BCUT2D eigenvalue weighted by molar-refractivity contribution is 0.0763. The molecule has 100 valence electrons. The Balaban J connectivity index is 2.83. The highest BCUT2D eigenvalue weighted by molar-refractivity contribution is 6.18. The van der Waals surface area contributed by atoms with Crippen LogP contribution in [0.5, 0.6) is 0 Å². The molecular formula is C15H22ClNO. The zero-order chi connectivity index (χ0) is 13.5. The summed E-state index contributed by atoms with van der Waals surface area (Å²) in [6.07, 6.45) is 2.10. The first-order valence-electron chi connectivity index (χ1n) is 6.52. The number of unbranched alkanes of at least 4 members (excludes halogenated alkanes) is 1. The summed E-state index contributed by atoms with van der Waals surface area (Å²) in [7, 11) is 0. The Morgan fingerprint density at radius 2 is 1.94 bits per heavy atom. The Morgan fingerprint density at radius 1 is 1.22 bits per heavy atom. The number of nitrogens with zero attached hydrogens (tertiary/aromatic N) is 1. The molecule has 1 aromatic carbocycles. The van der Waals surface area contributed by atoms with Crippen LogP contribution in [-0.4, -0.2) is 29.8 Å². The number of hydrogen-bond donors (Lipinski definition) is 0. The van der Waals surface area contributed by atoms with Crippen molar-refractivity contribution in [1.29, 1.82) is 0 Å². The fraction of sp³-hybridized carbons (Fsp3) is 0.533. The van der Waals surface area contributed by atoms with Crippen molar-refractivity contribution in [3.8, 4) is 0 Å². The maximum atomic E-state index is 12.4. The summed E-state index contributed by atoms with van der Waals surface area (Å²) < 4.78 is 0. The van der Waals surface area contributed by atoms with Crippen molar-refractivity contribution in [2.24, 2.45) is 0 Å². The third kappa shape index (κ3) is 4.02. The average Bonchev–Trinajstić information content (AvgIpc) is 2.37. The molecule has 0 aliphatic carbocycles. The fourth-order valence-corrected chi connectivity index (χ4v) is 2.03. The van der Waals surface area contributed by atoms with Crippen molar-refractivity contribution < 1.29 is 4.79 Å². The van der Waals surface area contributed by atoms with Crippen LogP contribution in [0.15, 0.2) is 18.2 Å². The molecular weight excluding hydrogens is 246 g/mol. The standard InChI is InChI=1S/C15H22ClNO/c1-4-5-9-17(10-8-16)15(18)14-7-6-12(2)13(3)11-14/h6-7,11H,4-5,8-10H2,1-3H3. The molecule has 1 aromatic rings. The topological polar surface area (TPSA) is 20.3 Å². The van der Waals surface area contributed by atoms with Gasteiger partial charge >= 0.3 is 0 Å². The molecule has 0 aliphatic heterocycles. The number of benzene rings is 1. The van der Waals surface area contributed by atoms with E-state index in [1.807, 2.05) is 30.0 Å². The molecule has 0 atom stereocenters. The third-order valence-corrected chi connectivity index (χ3v) is 3.35. The van der Waals surface area contributed by atoms with E-state index >= 15 is 0 Å². The van der Waals surface area contributed by atoms with Gasteiger partial charge in [0.2, 0.25) is 0 Å². The van der Waals surface area contributed by atoms with Gasteiger partial charge in [-0.25, -0.2) is 0 Å². The van der Waals surface area contributed by atoms with E-state index < -0.39 is 0 Å². The highest BCUT2D eigenvalue weighted by Crippen LogP contribution is 2.12. The quantitative estimate of drug-likeness (QED) is 0.718. The van der Waals surface area contributed by atoms with Crippen LogP contribution in [0.25, 0.3) is 0 Å². The molecule has 0 radical (unpaired) electrons. The smallest absolute Gasteiger partial charge is 0.253 e. The molecule has 2 nitrogen and oxygen atoms in total.